The van der Waals surface area contributed by atoms with Crippen LogP contribution in [0.1, 0.15) is 22.3 Å². The van der Waals surface area contributed by atoms with Crippen LogP contribution in [0.25, 0.3) is 11.1 Å². The van der Waals surface area contributed by atoms with Gasteiger partial charge in [0.1, 0.15) is 0 Å². The van der Waals surface area contributed by atoms with E-state index in [0.717, 1.165) is 17.5 Å². The van der Waals surface area contributed by atoms with Gasteiger partial charge in [0.25, 0.3) is 5.91 Å². The summed E-state index contributed by atoms with van der Waals surface area (Å²) in [6, 6.07) is 9.97. The van der Waals surface area contributed by atoms with Gasteiger partial charge in [0, 0.05) is 36.5 Å². The molecule has 0 fully saturated rings. The lowest BCUT2D eigenvalue weighted by atomic mass is 10.0. The molecular formula is C19H20N2O2. The second-order valence-corrected chi connectivity index (χ2v) is 5.97. The van der Waals surface area contributed by atoms with Crippen LogP contribution in [-0.2, 0) is 0 Å². The Morgan fingerprint density at radius 3 is 2.70 bits per heavy atom. The number of aliphatic hydroxyl groups is 1. The molecule has 1 aliphatic carbocycles. The van der Waals surface area contributed by atoms with Crippen LogP contribution in [0.15, 0.2) is 54.9 Å². The molecular weight excluding hydrogens is 288 g/mol. The van der Waals surface area contributed by atoms with Gasteiger partial charge >= 0.3 is 0 Å². The maximum absolute atomic E-state index is 12.4. The SMILES string of the molecule is Cc1ccc(-c2cncc(C(=O)N[C@@H]3C=C[C@H](CO)C3)c2)cc1. The fourth-order valence-electron chi connectivity index (χ4n) is 2.74. The van der Waals surface area contributed by atoms with Crippen LogP contribution in [0.2, 0.25) is 0 Å². The molecule has 3 rings (SSSR count). The standard InChI is InChI=1S/C19H20N2O2/c1-13-2-5-15(6-3-13)16-9-17(11-20-10-16)19(23)21-18-7-4-14(8-18)12-22/h2-7,9-11,14,18,22H,8,12H2,1H3,(H,21,23)/t14-,18+/m0/s1. The minimum atomic E-state index is -0.139. The van der Waals surface area contributed by atoms with Crippen molar-refractivity contribution >= 4 is 5.91 Å². The summed E-state index contributed by atoms with van der Waals surface area (Å²) < 4.78 is 0. The minimum absolute atomic E-state index is 0.0253. The Balaban J connectivity index is 1.73. The van der Waals surface area contributed by atoms with Gasteiger partial charge in [-0.1, -0.05) is 42.0 Å². The lowest BCUT2D eigenvalue weighted by Gasteiger charge is -2.13. The normalized spacial score (nSPS) is 19.7. The first kappa shape index (κ1) is 15.4. The van der Waals surface area contributed by atoms with Gasteiger partial charge < -0.3 is 10.4 Å². The number of rotatable bonds is 4. The molecule has 1 aliphatic rings. The molecule has 2 N–H and O–H groups in total. The number of benzene rings is 1. The smallest absolute Gasteiger partial charge is 0.253 e. The van der Waals surface area contributed by atoms with E-state index in [4.69, 9.17) is 5.11 Å². The van der Waals surface area contributed by atoms with Gasteiger partial charge in [-0.3, -0.25) is 9.78 Å². The van der Waals surface area contributed by atoms with E-state index in [9.17, 15) is 4.79 Å². The van der Waals surface area contributed by atoms with Crippen molar-refractivity contribution in [2.24, 2.45) is 5.92 Å². The Kier molecular flexibility index (Phi) is 4.53. The van der Waals surface area contributed by atoms with Crippen molar-refractivity contribution in [2.45, 2.75) is 19.4 Å². The van der Waals surface area contributed by atoms with E-state index in [-0.39, 0.29) is 24.5 Å². The molecule has 0 bridgehead atoms. The fraction of sp³-hybridized carbons (Fsp3) is 0.263. The lowest BCUT2D eigenvalue weighted by Crippen LogP contribution is -2.33. The van der Waals surface area contributed by atoms with Crippen LogP contribution in [0, 0.1) is 12.8 Å². The second-order valence-electron chi connectivity index (χ2n) is 5.97. The Bertz CT molecular complexity index is 722. The number of pyridine rings is 1. The zero-order chi connectivity index (χ0) is 16.2. The van der Waals surface area contributed by atoms with Gasteiger partial charge in [0.15, 0.2) is 0 Å². The number of carbonyl (C=O) groups is 1. The summed E-state index contributed by atoms with van der Waals surface area (Å²) in [5, 5.41) is 12.1. The first-order valence-corrected chi connectivity index (χ1v) is 7.78. The summed E-state index contributed by atoms with van der Waals surface area (Å²) >= 11 is 0. The topological polar surface area (TPSA) is 62.2 Å². The average Bonchev–Trinajstić information content (AvgIpc) is 3.03. The highest BCUT2D eigenvalue weighted by atomic mass is 16.3. The van der Waals surface area contributed by atoms with Crippen LogP contribution < -0.4 is 5.32 Å². The summed E-state index contributed by atoms with van der Waals surface area (Å²) in [4.78, 5) is 16.6. The summed E-state index contributed by atoms with van der Waals surface area (Å²) in [5.74, 6) is -0.00276. The van der Waals surface area contributed by atoms with E-state index >= 15 is 0 Å². The maximum atomic E-state index is 12.4. The summed E-state index contributed by atoms with van der Waals surface area (Å²) in [6.45, 7) is 2.16. The third-order valence-electron chi connectivity index (χ3n) is 4.11. The van der Waals surface area contributed by atoms with Crippen molar-refractivity contribution < 1.29 is 9.90 Å². The highest BCUT2D eigenvalue weighted by molar-refractivity contribution is 5.95. The van der Waals surface area contributed by atoms with Gasteiger partial charge in [-0.05, 0) is 25.0 Å². The van der Waals surface area contributed by atoms with E-state index < -0.39 is 0 Å². The Labute approximate surface area is 135 Å². The first-order valence-electron chi connectivity index (χ1n) is 7.78. The molecule has 0 spiro atoms. The second kappa shape index (κ2) is 6.75. The molecule has 118 valence electrons. The highest BCUT2D eigenvalue weighted by Crippen LogP contribution is 2.21. The summed E-state index contributed by atoms with van der Waals surface area (Å²) in [6.07, 6.45) is 7.98. The predicted molar refractivity (Wildman–Crippen MR) is 90.0 cm³/mol. The van der Waals surface area contributed by atoms with Crippen LogP contribution in [0.3, 0.4) is 0 Å². The molecule has 2 atom stereocenters. The van der Waals surface area contributed by atoms with Crippen LogP contribution in [-0.4, -0.2) is 28.6 Å². The van der Waals surface area contributed by atoms with Crippen molar-refractivity contribution in [1.82, 2.24) is 10.3 Å². The van der Waals surface area contributed by atoms with E-state index in [1.165, 1.54) is 5.56 Å². The molecule has 0 radical (unpaired) electrons. The monoisotopic (exact) mass is 308 g/mol. The molecule has 0 saturated carbocycles. The number of aryl methyl sites for hydroxylation is 1. The van der Waals surface area contributed by atoms with E-state index in [0.29, 0.717) is 5.56 Å². The molecule has 2 aromatic rings. The number of hydrogen-bond acceptors (Lipinski definition) is 3. The number of nitrogens with zero attached hydrogens (tertiary/aromatic N) is 1. The summed E-state index contributed by atoms with van der Waals surface area (Å²) in [7, 11) is 0. The van der Waals surface area contributed by atoms with Crippen LogP contribution in [0.4, 0.5) is 0 Å². The zero-order valence-electron chi connectivity index (χ0n) is 13.1. The Hall–Kier alpha value is -2.46. The number of aromatic nitrogens is 1. The number of hydrogen-bond donors (Lipinski definition) is 2. The van der Waals surface area contributed by atoms with Crippen molar-refractivity contribution in [3.05, 3.63) is 66.0 Å². The molecule has 4 nitrogen and oxygen atoms in total. The highest BCUT2D eigenvalue weighted by Gasteiger charge is 2.20. The van der Waals surface area contributed by atoms with Gasteiger partial charge in [-0.2, -0.15) is 0 Å². The molecule has 23 heavy (non-hydrogen) atoms. The van der Waals surface area contributed by atoms with E-state index in [1.807, 2.05) is 49.4 Å². The molecule has 0 saturated heterocycles. The molecule has 4 heteroatoms. The molecule has 1 heterocycles. The molecule has 1 aromatic heterocycles. The minimum Gasteiger partial charge on any atom is -0.396 e. The van der Waals surface area contributed by atoms with Crippen molar-refractivity contribution in [1.29, 1.82) is 0 Å². The summed E-state index contributed by atoms with van der Waals surface area (Å²) in [5.41, 5.74) is 3.71. The average molecular weight is 308 g/mol. The maximum Gasteiger partial charge on any atom is 0.253 e. The third-order valence-corrected chi connectivity index (χ3v) is 4.11. The van der Waals surface area contributed by atoms with Crippen molar-refractivity contribution in [3.63, 3.8) is 0 Å². The number of carbonyl (C=O) groups excluding carboxylic acids is 1. The Morgan fingerprint density at radius 2 is 2.00 bits per heavy atom. The number of amides is 1. The zero-order valence-corrected chi connectivity index (χ0v) is 13.1. The lowest BCUT2D eigenvalue weighted by molar-refractivity contribution is 0.0940. The number of aliphatic hydroxyl groups excluding tert-OH is 1. The van der Waals surface area contributed by atoms with Gasteiger partial charge in [-0.15, -0.1) is 0 Å². The molecule has 1 amide bonds. The Morgan fingerprint density at radius 1 is 1.22 bits per heavy atom. The van der Waals surface area contributed by atoms with Crippen LogP contribution >= 0.6 is 0 Å². The largest absolute Gasteiger partial charge is 0.396 e. The van der Waals surface area contributed by atoms with E-state index in [1.54, 1.807) is 12.4 Å². The predicted octanol–water partition coefficient (Wildman–Crippen LogP) is 2.72. The van der Waals surface area contributed by atoms with Gasteiger partial charge in [0.2, 0.25) is 0 Å². The van der Waals surface area contributed by atoms with Gasteiger partial charge in [-0.25, -0.2) is 0 Å². The van der Waals surface area contributed by atoms with Crippen LogP contribution in [0.5, 0.6) is 0 Å². The fourth-order valence-corrected chi connectivity index (χ4v) is 2.74. The molecule has 1 aromatic carbocycles. The quantitative estimate of drug-likeness (QED) is 0.854. The molecule has 0 unspecified atom stereocenters. The van der Waals surface area contributed by atoms with Crippen molar-refractivity contribution in [2.75, 3.05) is 6.61 Å². The number of nitrogens with one attached hydrogen (secondary N) is 1. The third kappa shape index (κ3) is 3.66. The molecule has 0 aliphatic heterocycles. The van der Waals surface area contributed by atoms with Gasteiger partial charge in [0.05, 0.1) is 5.56 Å². The first-order chi connectivity index (χ1) is 11.2. The van der Waals surface area contributed by atoms with E-state index in [2.05, 4.69) is 10.3 Å². The van der Waals surface area contributed by atoms with Crippen molar-refractivity contribution in [3.8, 4) is 11.1 Å².